The average molecular weight is 497 g/mol. The fourth-order valence-corrected chi connectivity index (χ4v) is 3.83. The predicted octanol–water partition coefficient (Wildman–Crippen LogP) is 2.45. The summed E-state index contributed by atoms with van der Waals surface area (Å²) >= 11 is 0. The number of benzene rings is 2. The minimum atomic E-state index is -0.757. The summed E-state index contributed by atoms with van der Waals surface area (Å²) in [6.45, 7) is 8.54. The van der Waals surface area contributed by atoms with Crippen molar-refractivity contribution < 1.29 is 23.9 Å². The number of nitrogens with zero attached hydrogens (tertiary/aromatic N) is 2. The summed E-state index contributed by atoms with van der Waals surface area (Å²) in [7, 11) is 1.65. The third kappa shape index (κ3) is 7.87. The van der Waals surface area contributed by atoms with Crippen molar-refractivity contribution in [2.75, 3.05) is 50.1 Å². The summed E-state index contributed by atoms with van der Waals surface area (Å²) in [6.07, 6.45) is 0.348. The zero-order valence-corrected chi connectivity index (χ0v) is 21.5. The number of nitrogens with two attached hydrogens (primary N) is 1. The number of esters is 1. The lowest BCUT2D eigenvalue weighted by molar-refractivity contribution is -0.121. The zero-order valence-electron chi connectivity index (χ0n) is 21.5. The first kappa shape index (κ1) is 27.3. The molecule has 36 heavy (non-hydrogen) atoms. The predicted molar refractivity (Wildman–Crippen MR) is 139 cm³/mol. The van der Waals surface area contributed by atoms with Crippen LogP contribution in [-0.4, -0.2) is 74.2 Å². The topological polar surface area (TPSA) is 114 Å². The second-order valence-electron chi connectivity index (χ2n) is 9.86. The number of anilines is 2. The number of piperazine rings is 1. The number of carbonyl (C=O) groups is 3. The van der Waals surface area contributed by atoms with E-state index < -0.39 is 17.6 Å². The van der Waals surface area contributed by atoms with E-state index in [0.29, 0.717) is 37.4 Å². The number of hydrogen-bond acceptors (Lipinski definition) is 7. The first-order valence-electron chi connectivity index (χ1n) is 12.1. The first-order chi connectivity index (χ1) is 17.1. The van der Waals surface area contributed by atoms with E-state index in [4.69, 9.17) is 15.2 Å². The molecule has 3 rings (SSSR count). The van der Waals surface area contributed by atoms with Crippen molar-refractivity contribution in [1.29, 1.82) is 0 Å². The molecule has 1 fully saturated rings. The maximum atomic E-state index is 12.6. The lowest BCUT2D eigenvalue weighted by atomic mass is 10.0. The Morgan fingerprint density at radius 1 is 1.06 bits per heavy atom. The lowest BCUT2D eigenvalue weighted by Crippen LogP contribution is -2.51. The smallest absolute Gasteiger partial charge is 0.338 e. The van der Waals surface area contributed by atoms with Crippen LogP contribution in [0.5, 0.6) is 0 Å². The van der Waals surface area contributed by atoms with Crippen LogP contribution in [0.15, 0.2) is 48.5 Å². The second-order valence-corrected chi connectivity index (χ2v) is 9.86. The molecule has 0 aliphatic carbocycles. The Hall–Kier alpha value is -3.27. The van der Waals surface area contributed by atoms with Gasteiger partial charge in [0, 0.05) is 38.1 Å². The lowest BCUT2D eigenvalue weighted by Gasteiger charge is -2.34. The average Bonchev–Trinajstić information content (AvgIpc) is 2.82. The number of carbonyl (C=O) groups excluding carboxylic acids is 3. The van der Waals surface area contributed by atoms with E-state index in [1.54, 1.807) is 57.0 Å². The van der Waals surface area contributed by atoms with Gasteiger partial charge in [0.2, 0.25) is 11.8 Å². The standard InChI is InChI=1S/C27H36N4O5/c1-27(2,3)36-26(34)20-7-9-21(10-8-20)29-25(33)23(28)17-19-5-11-22(12-6-19)31-14-13-30(15-16-35-4)18-24(31)32/h5-12,23H,13-18,28H2,1-4H3,(H,29,33)/t23-/m0/s1. The molecule has 1 aliphatic rings. The van der Waals surface area contributed by atoms with Gasteiger partial charge in [-0.3, -0.25) is 14.5 Å². The largest absolute Gasteiger partial charge is 0.456 e. The molecular formula is C27H36N4O5. The van der Waals surface area contributed by atoms with E-state index in [-0.39, 0.29) is 11.8 Å². The highest BCUT2D eigenvalue weighted by atomic mass is 16.6. The van der Waals surface area contributed by atoms with Gasteiger partial charge in [-0.25, -0.2) is 4.79 Å². The van der Waals surface area contributed by atoms with Crippen molar-refractivity contribution in [2.24, 2.45) is 5.73 Å². The number of hydrogen-bond donors (Lipinski definition) is 2. The third-order valence-electron chi connectivity index (χ3n) is 5.74. The van der Waals surface area contributed by atoms with Crippen LogP contribution in [0.4, 0.5) is 11.4 Å². The van der Waals surface area contributed by atoms with Crippen LogP contribution in [0.2, 0.25) is 0 Å². The minimum Gasteiger partial charge on any atom is -0.456 e. The molecule has 2 aromatic rings. The van der Waals surface area contributed by atoms with Crippen molar-refractivity contribution in [2.45, 2.75) is 38.8 Å². The van der Waals surface area contributed by atoms with Crippen molar-refractivity contribution in [3.63, 3.8) is 0 Å². The van der Waals surface area contributed by atoms with Crippen LogP contribution in [0, 0.1) is 0 Å². The maximum Gasteiger partial charge on any atom is 0.338 e. The summed E-state index contributed by atoms with van der Waals surface area (Å²) in [5.41, 5.74) is 8.23. The zero-order chi connectivity index (χ0) is 26.3. The van der Waals surface area contributed by atoms with E-state index in [2.05, 4.69) is 10.2 Å². The second kappa shape index (κ2) is 12.1. The Morgan fingerprint density at radius 2 is 1.72 bits per heavy atom. The maximum absolute atomic E-state index is 12.6. The van der Waals surface area contributed by atoms with Crippen LogP contribution in [0.25, 0.3) is 0 Å². The van der Waals surface area contributed by atoms with Gasteiger partial charge in [-0.2, -0.15) is 0 Å². The highest BCUT2D eigenvalue weighted by Crippen LogP contribution is 2.19. The Bertz CT molecular complexity index is 1050. The highest BCUT2D eigenvalue weighted by molar-refractivity contribution is 5.96. The summed E-state index contributed by atoms with van der Waals surface area (Å²) in [5.74, 6) is -0.694. The van der Waals surface area contributed by atoms with Gasteiger partial charge < -0.3 is 25.4 Å². The number of methoxy groups -OCH3 is 1. The van der Waals surface area contributed by atoms with E-state index in [9.17, 15) is 14.4 Å². The molecule has 0 unspecified atom stereocenters. The normalized spacial score (nSPS) is 15.5. The van der Waals surface area contributed by atoms with Gasteiger partial charge in [0.1, 0.15) is 5.60 Å². The highest BCUT2D eigenvalue weighted by Gasteiger charge is 2.25. The van der Waals surface area contributed by atoms with Crippen molar-refractivity contribution in [3.05, 3.63) is 59.7 Å². The van der Waals surface area contributed by atoms with Crippen LogP contribution < -0.4 is 16.0 Å². The molecule has 0 radical (unpaired) electrons. The Morgan fingerprint density at radius 3 is 2.31 bits per heavy atom. The van der Waals surface area contributed by atoms with Gasteiger partial charge in [0.05, 0.1) is 24.8 Å². The van der Waals surface area contributed by atoms with Crippen LogP contribution in [-0.2, 0) is 25.5 Å². The summed E-state index contributed by atoms with van der Waals surface area (Å²) in [4.78, 5) is 41.2. The quantitative estimate of drug-likeness (QED) is 0.513. The summed E-state index contributed by atoms with van der Waals surface area (Å²) < 4.78 is 10.4. The van der Waals surface area contributed by atoms with Gasteiger partial charge >= 0.3 is 5.97 Å². The fourth-order valence-electron chi connectivity index (χ4n) is 3.83. The van der Waals surface area contributed by atoms with Crippen molar-refractivity contribution in [1.82, 2.24) is 4.90 Å². The van der Waals surface area contributed by atoms with E-state index in [1.807, 2.05) is 24.3 Å². The van der Waals surface area contributed by atoms with Gasteiger partial charge in [-0.15, -0.1) is 0 Å². The molecule has 2 aromatic carbocycles. The van der Waals surface area contributed by atoms with Crippen molar-refractivity contribution in [3.8, 4) is 0 Å². The van der Waals surface area contributed by atoms with Crippen molar-refractivity contribution >= 4 is 29.2 Å². The Balaban J connectivity index is 1.51. The molecule has 1 heterocycles. The number of ether oxygens (including phenoxy) is 2. The summed E-state index contributed by atoms with van der Waals surface area (Å²) in [6, 6.07) is 13.3. The first-order valence-corrected chi connectivity index (χ1v) is 12.1. The molecule has 0 aromatic heterocycles. The monoisotopic (exact) mass is 496 g/mol. The molecule has 9 nitrogen and oxygen atoms in total. The van der Waals surface area contributed by atoms with Gasteiger partial charge in [0.15, 0.2) is 0 Å². The molecule has 1 saturated heterocycles. The fraction of sp³-hybridized carbons (Fsp3) is 0.444. The SMILES string of the molecule is COCCN1CCN(c2ccc(C[C@H](N)C(=O)Nc3ccc(C(=O)OC(C)(C)C)cc3)cc2)C(=O)C1. The van der Waals surface area contributed by atoms with Crippen LogP contribution in [0.1, 0.15) is 36.7 Å². The van der Waals surface area contributed by atoms with E-state index in [0.717, 1.165) is 24.3 Å². The molecule has 0 spiro atoms. The Labute approximate surface area is 212 Å². The number of amides is 2. The van der Waals surface area contributed by atoms with E-state index >= 15 is 0 Å². The molecule has 1 aliphatic heterocycles. The number of rotatable bonds is 9. The third-order valence-corrected chi connectivity index (χ3v) is 5.74. The molecule has 2 amide bonds. The van der Waals surface area contributed by atoms with E-state index in [1.165, 1.54) is 0 Å². The van der Waals surface area contributed by atoms with Gasteiger partial charge in [0.25, 0.3) is 0 Å². The van der Waals surface area contributed by atoms with Gasteiger partial charge in [-0.05, 0) is 69.2 Å². The number of nitrogens with one attached hydrogen (secondary N) is 1. The molecule has 1 atom stereocenters. The van der Waals surface area contributed by atoms with Gasteiger partial charge in [-0.1, -0.05) is 12.1 Å². The molecule has 194 valence electrons. The molecule has 0 bridgehead atoms. The van der Waals surface area contributed by atoms with Crippen LogP contribution >= 0.6 is 0 Å². The van der Waals surface area contributed by atoms with Crippen LogP contribution in [0.3, 0.4) is 0 Å². The summed E-state index contributed by atoms with van der Waals surface area (Å²) in [5, 5.41) is 2.78. The Kier molecular flexibility index (Phi) is 9.19. The minimum absolute atomic E-state index is 0.0545. The molecule has 3 N–H and O–H groups in total. The molecule has 0 saturated carbocycles. The molecule has 9 heteroatoms. The molecular weight excluding hydrogens is 460 g/mol.